The van der Waals surface area contributed by atoms with Crippen molar-refractivity contribution in [1.82, 2.24) is 15.2 Å². The molecule has 38 heavy (non-hydrogen) atoms. The number of phenolic OH excluding ortho intramolecular Hbond substituents is 1. The molecule has 3 aromatic rings. The number of ether oxygens (including phenoxy) is 1. The van der Waals surface area contributed by atoms with Gasteiger partial charge in [-0.1, -0.05) is 30.7 Å². The summed E-state index contributed by atoms with van der Waals surface area (Å²) in [7, 11) is 3.85. The number of aryl methyl sites for hydroxylation is 1. The summed E-state index contributed by atoms with van der Waals surface area (Å²) >= 11 is 2.10. The lowest BCUT2D eigenvalue weighted by Gasteiger charge is -2.27. The molecular weight excluding hydrogens is 591 g/mol. The van der Waals surface area contributed by atoms with Crippen molar-refractivity contribution in [3.05, 3.63) is 81.6 Å². The van der Waals surface area contributed by atoms with E-state index in [1.165, 1.54) is 5.56 Å². The minimum absolute atomic E-state index is 0.0803. The van der Waals surface area contributed by atoms with Crippen LogP contribution < -0.4 is 15.0 Å². The van der Waals surface area contributed by atoms with Gasteiger partial charge < -0.3 is 25.0 Å². The average Bonchev–Trinajstić information content (AvgIpc) is 2.94. The number of likely N-dealkylation sites (N-methyl/N-ethyl adjacent to an activating group) is 1. The lowest BCUT2D eigenvalue weighted by Crippen LogP contribution is -2.34. The summed E-state index contributed by atoms with van der Waals surface area (Å²) in [6.07, 6.45) is 6.14. The molecule has 0 spiro atoms. The molecule has 0 atom stereocenters. The number of nitrogens with zero attached hydrogens (tertiary/aromatic N) is 3. The molecule has 0 aliphatic heterocycles. The standard InChI is InChI=1S/C30H39IN4O3/c1-34(19-7-3-5-18-33-30(37)16-12-24-11-15-28(36)27(31)22-24)20-21-35(29-8-4-6-17-32-29)23-25-9-13-26(38-2)14-10-25/h4,6,8-11,13-15,17,22,36H,3,5,7,12,16,18-21,23H2,1-2H3,(H,33,37). The molecule has 204 valence electrons. The predicted molar refractivity (Wildman–Crippen MR) is 162 cm³/mol. The summed E-state index contributed by atoms with van der Waals surface area (Å²) in [5.41, 5.74) is 2.29. The SMILES string of the molecule is COc1ccc(CN(CCN(C)CCCCCNC(=O)CCc2ccc(O)c(I)c2)c2ccccn2)cc1. The van der Waals surface area contributed by atoms with Gasteiger partial charge >= 0.3 is 0 Å². The van der Waals surface area contributed by atoms with Crippen LogP contribution >= 0.6 is 22.6 Å². The fraction of sp³-hybridized carbons (Fsp3) is 0.400. The van der Waals surface area contributed by atoms with Crippen LogP contribution in [-0.4, -0.2) is 61.2 Å². The Balaban J connectivity index is 1.32. The molecule has 2 aromatic carbocycles. The number of unbranched alkanes of at least 4 members (excludes halogenated alkanes) is 2. The molecular formula is C30H39IN4O3. The molecule has 0 aliphatic rings. The number of amides is 1. The molecule has 0 saturated heterocycles. The highest BCUT2D eigenvalue weighted by Crippen LogP contribution is 2.21. The van der Waals surface area contributed by atoms with Crippen LogP contribution in [0.2, 0.25) is 0 Å². The fourth-order valence-corrected chi connectivity index (χ4v) is 4.71. The zero-order valence-corrected chi connectivity index (χ0v) is 24.6. The normalized spacial score (nSPS) is 10.9. The molecule has 1 aromatic heterocycles. The van der Waals surface area contributed by atoms with Crippen LogP contribution in [0.5, 0.6) is 11.5 Å². The van der Waals surface area contributed by atoms with Crippen molar-refractivity contribution in [3.8, 4) is 11.5 Å². The Kier molecular flexibility index (Phi) is 12.7. The Hall–Kier alpha value is -2.85. The summed E-state index contributed by atoms with van der Waals surface area (Å²) in [6, 6.07) is 19.7. The van der Waals surface area contributed by atoms with Crippen LogP contribution in [0.25, 0.3) is 0 Å². The number of aromatic nitrogens is 1. The van der Waals surface area contributed by atoms with Crippen LogP contribution in [0, 0.1) is 3.57 Å². The molecule has 1 amide bonds. The lowest BCUT2D eigenvalue weighted by atomic mass is 10.1. The van der Waals surface area contributed by atoms with E-state index in [1.807, 2.05) is 42.6 Å². The van der Waals surface area contributed by atoms with Crippen molar-refractivity contribution < 1.29 is 14.6 Å². The number of rotatable bonds is 16. The second-order valence-electron chi connectivity index (χ2n) is 9.46. The van der Waals surface area contributed by atoms with Crippen LogP contribution in [0.1, 0.15) is 36.8 Å². The van der Waals surface area contributed by atoms with E-state index in [9.17, 15) is 9.90 Å². The number of anilines is 1. The van der Waals surface area contributed by atoms with Gasteiger partial charge in [-0.2, -0.15) is 0 Å². The number of methoxy groups -OCH3 is 1. The Labute approximate surface area is 240 Å². The van der Waals surface area contributed by atoms with Crippen LogP contribution in [0.4, 0.5) is 5.82 Å². The number of carbonyl (C=O) groups is 1. The van der Waals surface area contributed by atoms with Gasteiger partial charge in [0.2, 0.25) is 5.91 Å². The van der Waals surface area contributed by atoms with Crippen molar-refractivity contribution in [3.63, 3.8) is 0 Å². The van der Waals surface area contributed by atoms with E-state index in [0.717, 1.165) is 66.1 Å². The van der Waals surface area contributed by atoms with Gasteiger partial charge in [0.25, 0.3) is 0 Å². The third kappa shape index (κ3) is 10.5. The van der Waals surface area contributed by atoms with Gasteiger partial charge in [-0.3, -0.25) is 4.79 Å². The highest BCUT2D eigenvalue weighted by molar-refractivity contribution is 14.1. The van der Waals surface area contributed by atoms with E-state index in [4.69, 9.17) is 4.74 Å². The van der Waals surface area contributed by atoms with Gasteiger partial charge in [0, 0.05) is 38.8 Å². The highest BCUT2D eigenvalue weighted by Gasteiger charge is 2.11. The van der Waals surface area contributed by atoms with Gasteiger partial charge in [0.15, 0.2) is 0 Å². The Morgan fingerprint density at radius 3 is 2.50 bits per heavy atom. The number of carbonyl (C=O) groups excluding carboxylic acids is 1. The smallest absolute Gasteiger partial charge is 0.220 e. The van der Waals surface area contributed by atoms with E-state index in [1.54, 1.807) is 13.2 Å². The van der Waals surface area contributed by atoms with E-state index in [-0.39, 0.29) is 11.7 Å². The first-order valence-electron chi connectivity index (χ1n) is 13.2. The number of aromatic hydroxyl groups is 1. The third-order valence-electron chi connectivity index (χ3n) is 6.45. The van der Waals surface area contributed by atoms with Gasteiger partial charge in [0.1, 0.15) is 17.3 Å². The number of hydrogen-bond acceptors (Lipinski definition) is 6. The topological polar surface area (TPSA) is 77.9 Å². The predicted octanol–water partition coefficient (Wildman–Crippen LogP) is 5.26. The maximum absolute atomic E-state index is 12.2. The minimum atomic E-state index is 0.0803. The highest BCUT2D eigenvalue weighted by atomic mass is 127. The zero-order chi connectivity index (χ0) is 27.2. The number of pyridine rings is 1. The average molecular weight is 631 g/mol. The second-order valence-corrected chi connectivity index (χ2v) is 10.6. The largest absolute Gasteiger partial charge is 0.507 e. The maximum Gasteiger partial charge on any atom is 0.220 e. The third-order valence-corrected chi connectivity index (χ3v) is 7.31. The number of hydrogen-bond donors (Lipinski definition) is 2. The Morgan fingerprint density at radius 2 is 1.79 bits per heavy atom. The number of halogens is 1. The molecule has 3 rings (SSSR count). The van der Waals surface area contributed by atoms with E-state index >= 15 is 0 Å². The molecule has 7 nitrogen and oxygen atoms in total. The minimum Gasteiger partial charge on any atom is -0.507 e. The molecule has 0 bridgehead atoms. The zero-order valence-electron chi connectivity index (χ0n) is 22.4. The second kappa shape index (κ2) is 16.2. The van der Waals surface area contributed by atoms with Crippen LogP contribution in [0.3, 0.4) is 0 Å². The summed E-state index contributed by atoms with van der Waals surface area (Å²) < 4.78 is 6.10. The Bertz CT molecular complexity index is 1110. The van der Waals surface area contributed by atoms with E-state index in [2.05, 4.69) is 67.9 Å². The molecule has 2 N–H and O–H groups in total. The quantitative estimate of drug-likeness (QED) is 0.166. The fourth-order valence-electron chi connectivity index (χ4n) is 4.13. The molecule has 0 saturated carbocycles. The number of phenols is 1. The first kappa shape index (κ1) is 29.7. The number of benzene rings is 2. The van der Waals surface area contributed by atoms with Crippen molar-refractivity contribution in [2.45, 2.75) is 38.6 Å². The molecule has 1 heterocycles. The van der Waals surface area contributed by atoms with Crippen LogP contribution in [0.15, 0.2) is 66.9 Å². The van der Waals surface area contributed by atoms with Gasteiger partial charge in [-0.25, -0.2) is 4.98 Å². The Morgan fingerprint density at radius 1 is 1.00 bits per heavy atom. The van der Waals surface area contributed by atoms with Crippen molar-refractivity contribution in [2.75, 3.05) is 45.2 Å². The molecule has 0 aliphatic carbocycles. The summed E-state index contributed by atoms with van der Waals surface area (Å²) in [5.74, 6) is 2.20. The first-order valence-corrected chi connectivity index (χ1v) is 14.2. The van der Waals surface area contributed by atoms with Gasteiger partial charge in [-0.05, 0) is 103 Å². The summed E-state index contributed by atoms with van der Waals surface area (Å²) in [5, 5.41) is 12.6. The maximum atomic E-state index is 12.2. The van der Waals surface area contributed by atoms with E-state index < -0.39 is 0 Å². The monoisotopic (exact) mass is 630 g/mol. The molecule has 8 heteroatoms. The summed E-state index contributed by atoms with van der Waals surface area (Å²) in [4.78, 5) is 21.4. The van der Waals surface area contributed by atoms with Gasteiger partial charge in [-0.15, -0.1) is 0 Å². The van der Waals surface area contributed by atoms with Crippen LogP contribution in [-0.2, 0) is 17.8 Å². The molecule has 0 unspecified atom stereocenters. The van der Waals surface area contributed by atoms with Crippen molar-refractivity contribution in [2.24, 2.45) is 0 Å². The molecule has 0 fully saturated rings. The first-order chi connectivity index (χ1) is 18.4. The van der Waals surface area contributed by atoms with Crippen molar-refractivity contribution >= 4 is 34.3 Å². The lowest BCUT2D eigenvalue weighted by molar-refractivity contribution is -0.121. The molecule has 0 radical (unpaired) electrons. The van der Waals surface area contributed by atoms with Crippen molar-refractivity contribution in [1.29, 1.82) is 0 Å². The summed E-state index contributed by atoms with van der Waals surface area (Å²) in [6.45, 7) is 4.35. The van der Waals surface area contributed by atoms with Gasteiger partial charge in [0.05, 0.1) is 10.7 Å². The van der Waals surface area contributed by atoms with E-state index in [0.29, 0.717) is 19.4 Å². The number of nitrogens with one attached hydrogen (secondary N) is 1.